The van der Waals surface area contributed by atoms with Crippen LogP contribution >= 0.6 is 12.4 Å². The minimum Gasteiger partial charge on any atom is -0.380 e. The van der Waals surface area contributed by atoms with E-state index in [0.29, 0.717) is 38.1 Å². The summed E-state index contributed by atoms with van der Waals surface area (Å²) < 4.78 is 5.16. The highest BCUT2D eigenvalue weighted by molar-refractivity contribution is 5.85. The molecule has 1 aliphatic heterocycles. The number of nitrogens with one attached hydrogen (secondary N) is 1. The summed E-state index contributed by atoms with van der Waals surface area (Å²) in [6.45, 7) is 3.92. The van der Waals surface area contributed by atoms with Gasteiger partial charge in [-0.15, -0.1) is 12.4 Å². The molecule has 0 unspecified atom stereocenters. The molecule has 2 atom stereocenters. The van der Waals surface area contributed by atoms with Crippen molar-refractivity contribution in [3.05, 3.63) is 71.3 Å². The molecule has 28 heavy (non-hydrogen) atoms. The van der Waals surface area contributed by atoms with Crippen LogP contribution in [0.25, 0.3) is 0 Å². The van der Waals surface area contributed by atoms with Gasteiger partial charge < -0.3 is 15.8 Å². The van der Waals surface area contributed by atoms with Gasteiger partial charge in [-0.3, -0.25) is 9.69 Å². The fourth-order valence-electron chi connectivity index (χ4n) is 3.86. The number of rotatable bonds is 8. The molecule has 0 spiro atoms. The molecule has 0 bridgehead atoms. The predicted octanol–water partition coefficient (Wildman–Crippen LogP) is 2.55. The molecule has 5 nitrogen and oxygen atoms in total. The quantitative estimate of drug-likeness (QED) is 0.710. The van der Waals surface area contributed by atoms with Crippen LogP contribution in [0.2, 0.25) is 0 Å². The summed E-state index contributed by atoms with van der Waals surface area (Å²) in [7, 11) is 1.68. The molecule has 0 aromatic heterocycles. The SMILES string of the molecule is COCc1cccc(CNC(=O)CN2C[C@@H](CN)[C@H](c3ccccc3)C2)c1.Cl. The second-order valence-electron chi connectivity index (χ2n) is 7.24. The van der Waals surface area contributed by atoms with Crippen molar-refractivity contribution >= 4 is 18.3 Å². The molecule has 2 aromatic carbocycles. The highest BCUT2D eigenvalue weighted by Crippen LogP contribution is 2.31. The molecule has 1 fully saturated rings. The lowest BCUT2D eigenvalue weighted by atomic mass is 9.89. The third-order valence-electron chi connectivity index (χ3n) is 5.21. The smallest absolute Gasteiger partial charge is 0.234 e. The Morgan fingerprint density at radius 1 is 1.14 bits per heavy atom. The minimum atomic E-state index is 0. The molecule has 3 rings (SSSR count). The van der Waals surface area contributed by atoms with E-state index in [1.165, 1.54) is 5.56 Å². The van der Waals surface area contributed by atoms with Gasteiger partial charge in [-0.25, -0.2) is 0 Å². The van der Waals surface area contributed by atoms with Gasteiger partial charge in [-0.2, -0.15) is 0 Å². The molecule has 0 radical (unpaired) electrons. The van der Waals surface area contributed by atoms with E-state index in [2.05, 4.69) is 40.5 Å². The third-order valence-corrected chi connectivity index (χ3v) is 5.21. The lowest BCUT2D eigenvalue weighted by Gasteiger charge is -2.16. The van der Waals surface area contributed by atoms with Crippen molar-refractivity contribution in [3.8, 4) is 0 Å². The van der Waals surface area contributed by atoms with Gasteiger partial charge in [0.25, 0.3) is 0 Å². The van der Waals surface area contributed by atoms with Crippen LogP contribution in [0.5, 0.6) is 0 Å². The highest BCUT2D eigenvalue weighted by atomic mass is 35.5. The Labute approximate surface area is 173 Å². The van der Waals surface area contributed by atoms with Crippen molar-refractivity contribution in [3.63, 3.8) is 0 Å². The van der Waals surface area contributed by atoms with Gasteiger partial charge in [0.1, 0.15) is 0 Å². The van der Waals surface area contributed by atoms with E-state index >= 15 is 0 Å². The first-order valence-electron chi connectivity index (χ1n) is 9.50. The first-order chi connectivity index (χ1) is 13.2. The normalized spacial score (nSPS) is 19.2. The zero-order chi connectivity index (χ0) is 19.1. The van der Waals surface area contributed by atoms with Gasteiger partial charge in [0.2, 0.25) is 5.91 Å². The summed E-state index contributed by atoms with van der Waals surface area (Å²) in [4.78, 5) is 14.6. The zero-order valence-corrected chi connectivity index (χ0v) is 17.2. The Bertz CT molecular complexity index is 742. The number of benzene rings is 2. The number of nitrogens with zero attached hydrogens (tertiary/aromatic N) is 1. The standard InChI is InChI=1S/C22H29N3O2.ClH/c1-27-16-18-7-5-6-17(10-18)12-24-22(26)15-25-13-20(11-23)21(14-25)19-8-3-2-4-9-19;/h2-10,20-21H,11-16,23H2,1H3,(H,24,26);1H/t20-,21+;/m1./s1. The van der Waals surface area contributed by atoms with Crippen LogP contribution in [0, 0.1) is 5.92 Å². The van der Waals surface area contributed by atoms with E-state index in [1.807, 2.05) is 24.3 Å². The number of halogens is 1. The number of nitrogens with two attached hydrogens (primary N) is 1. The van der Waals surface area contributed by atoms with E-state index in [4.69, 9.17) is 10.5 Å². The Balaban J connectivity index is 0.00000280. The van der Waals surface area contributed by atoms with Crippen molar-refractivity contribution in [2.75, 3.05) is 33.3 Å². The molecule has 0 aliphatic carbocycles. The summed E-state index contributed by atoms with van der Waals surface area (Å²) in [5.41, 5.74) is 9.50. The van der Waals surface area contributed by atoms with Crippen molar-refractivity contribution < 1.29 is 9.53 Å². The monoisotopic (exact) mass is 403 g/mol. The predicted molar refractivity (Wildman–Crippen MR) is 114 cm³/mol. The summed E-state index contributed by atoms with van der Waals surface area (Å²) in [5.74, 6) is 0.845. The van der Waals surface area contributed by atoms with Crippen molar-refractivity contribution in [1.82, 2.24) is 10.2 Å². The Morgan fingerprint density at radius 2 is 1.89 bits per heavy atom. The molecule has 2 aromatic rings. The first-order valence-corrected chi connectivity index (χ1v) is 9.50. The average molecular weight is 404 g/mol. The fourth-order valence-corrected chi connectivity index (χ4v) is 3.86. The minimum absolute atomic E-state index is 0. The largest absolute Gasteiger partial charge is 0.380 e. The van der Waals surface area contributed by atoms with Gasteiger partial charge >= 0.3 is 0 Å². The van der Waals surface area contributed by atoms with Gasteiger partial charge in [0, 0.05) is 32.7 Å². The van der Waals surface area contributed by atoms with E-state index < -0.39 is 0 Å². The lowest BCUT2D eigenvalue weighted by molar-refractivity contribution is -0.122. The molecule has 3 N–H and O–H groups in total. The van der Waals surface area contributed by atoms with Crippen LogP contribution in [-0.2, 0) is 22.7 Å². The number of carbonyl (C=O) groups is 1. The van der Waals surface area contributed by atoms with Crippen LogP contribution in [0.15, 0.2) is 54.6 Å². The Hall–Kier alpha value is -1.92. The maximum atomic E-state index is 12.4. The van der Waals surface area contributed by atoms with Crippen molar-refractivity contribution in [2.24, 2.45) is 11.7 Å². The third kappa shape index (κ3) is 6.04. The van der Waals surface area contributed by atoms with E-state index in [1.54, 1.807) is 7.11 Å². The molecule has 152 valence electrons. The summed E-state index contributed by atoms with van der Waals surface area (Å²) in [6, 6.07) is 18.6. The molecule has 1 amide bonds. The van der Waals surface area contributed by atoms with E-state index in [9.17, 15) is 4.79 Å². The van der Waals surface area contributed by atoms with Crippen molar-refractivity contribution in [2.45, 2.75) is 19.1 Å². The van der Waals surface area contributed by atoms with Gasteiger partial charge in [0.05, 0.1) is 13.2 Å². The molecular weight excluding hydrogens is 374 g/mol. The summed E-state index contributed by atoms with van der Waals surface area (Å²) in [6.07, 6.45) is 0. The van der Waals surface area contributed by atoms with Gasteiger partial charge in [-0.1, -0.05) is 54.6 Å². The number of ether oxygens (including phenoxy) is 1. The van der Waals surface area contributed by atoms with Crippen LogP contribution in [0.1, 0.15) is 22.6 Å². The molecule has 0 saturated carbocycles. The maximum absolute atomic E-state index is 12.4. The number of methoxy groups -OCH3 is 1. The molecule has 1 heterocycles. The topological polar surface area (TPSA) is 67.6 Å². The molecular formula is C22H30ClN3O2. The number of hydrogen-bond donors (Lipinski definition) is 2. The molecule has 1 aliphatic rings. The average Bonchev–Trinajstić information content (AvgIpc) is 3.10. The highest BCUT2D eigenvalue weighted by Gasteiger charge is 2.33. The molecule has 1 saturated heterocycles. The second-order valence-corrected chi connectivity index (χ2v) is 7.24. The summed E-state index contributed by atoms with van der Waals surface area (Å²) in [5, 5.41) is 3.03. The Kier molecular flexibility index (Phi) is 8.93. The van der Waals surface area contributed by atoms with Crippen LogP contribution in [-0.4, -0.2) is 44.1 Å². The fraction of sp³-hybridized carbons (Fsp3) is 0.409. The van der Waals surface area contributed by atoms with E-state index in [0.717, 1.165) is 24.2 Å². The first kappa shape index (κ1) is 22.4. The van der Waals surface area contributed by atoms with Crippen LogP contribution in [0.4, 0.5) is 0 Å². The molecule has 6 heteroatoms. The lowest BCUT2D eigenvalue weighted by Crippen LogP contribution is -2.36. The second kappa shape index (κ2) is 11.2. The Morgan fingerprint density at radius 3 is 2.61 bits per heavy atom. The van der Waals surface area contributed by atoms with Crippen LogP contribution < -0.4 is 11.1 Å². The number of amides is 1. The maximum Gasteiger partial charge on any atom is 0.234 e. The van der Waals surface area contributed by atoms with Crippen molar-refractivity contribution in [1.29, 1.82) is 0 Å². The zero-order valence-electron chi connectivity index (χ0n) is 16.3. The van der Waals surface area contributed by atoms with Crippen LogP contribution in [0.3, 0.4) is 0 Å². The summed E-state index contributed by atoms with van der Waals surface area (Å²) >= 11 is 0. The van der Waals surface area contributed by atoms with Gasteiger partial charge in [0.15, 0.2) is 0 Å². The van der Waals surface area contributed by atoms with E-state index in [-0.39, 0.29) is 18.3 Å². The van der Waals surface area contributed by atoms with Gasteiger partial charge in [-0.05, 0) is 29.2 Å². The number of carbonyl (C=O) groups excluding carboxylic acids is 1. The number of hydrogen-bond acceptors (Lipinski definition) is 4. The number of likely N-dealkylation sites (tertiary alicyclic amines) is 1.